The summed E-state index contributed by atoms with van der Waals surface area (Å²) >= 11 is 0. The van der Waals surface area contributed by atoms with Crippen molar-refractivity contribution in [3.8, 4) is 11.5 Å². The Hall–Kier alpha value is -3.10. The van der Waals surface area contributed by atoms with Gasteiger partial charge in [-0.05, 0) is 73.1 Å². The Morgan fingerprint density at radius 2 is 1.79 bits per heavy atom. The van der Waals surface area contributed by atoms with Gasteiger partial charge in [-0.2, -0.15) is 0 Å². The number of benzene rings is 2. The average molecular weight is 592 g/mol. The van der Waals surface area contributed by atoms with Gasteiger partial charge in [-0.1, -0.05) is 39.0 Å². The molecule has 42 heavy (non-hydrogen) atoms. The van der Waals surface area contributed by atoms with Crippen molar-refractivity contribution < 1.29 is 28.2 Å². The van der Waals surface area contributed by atoms with Crippen molar-refractivity contribution in [3.05, 3.63) is 64.7 Å². The zero-order valence-electron chi connectivity index (χ0n) is 26.0. The summed E-state index contributed by atoms with van der Waals surface area (Å²) in [7, 11) is -0.385. The molecule has 0 unspecified atom stereocenters. The third kappa shape index (κ3) is 5.75. The second kappa shape index (κ2) is 11.9. The molecule has 0 saturated heterocycles. The quantitative estimate of drug-likeness (QED) is 0.248. The van der Waals surface area contributed by atoms with Crippen LogP contribution in [0.2, 0.25) is 18.1 Å². The number of methoxy groups -OCH3 is 1. The molecule has 2 aliphatic carbocycles. The molecule has 0 radical (unpaired) electrons. The van der Waals surface area contributed by atoms with Crippen molar-refractivity contribution in [1.29, 1.82) is 0 Å². The molecule has 4 atom stereocenters. The first-order valence-electron chi connectivity index (χ1n) is 15.2. The van der Waals surface area contributed by atoms with Crippen molar-refractivity contribution in [2.75, 3.05) is 25.6 Å². The first-order chi connectivity index (χ1) is 19.9. The van der Waals surface area contributed by atoms with E-state index >= 15 is 0 Å². The van der Waals surface area contributed by atoms with Crippen molar-refractivity contribution in [2.45, 2.75) is 83.7 Å². The first-order valence-corrected chi connectivity index (χ1v) is 18.1. The van der Waals surface area contributed by atoms with Crippen molar-refractivity contribution >= 4 is 25.8 Å². The summed E-state index contributed by atoms with van der Waals surface area (Å²) in [5.41, 5.74) is 4.37. The number of hydrogen-bond donors (Lipinski definition) is 1. The Kier molecular flexibility index (Phi) is 8.59. The van der Waals surface area contributed by atoms with E-state index in [2.05, 4.69) is 57.4 Å². The van der Waals surface area contributed by atoms with Crippen molar-refractivity contribution in [2.24, 2.45) is 11.8 Å². The second-order valence-corrected chi connectivity index (χ2v) is 18.0. The molecule has 2 aromatic rings. The summed E-state index contributed by atoms with van der Waals surface area (Å²) in [6.45, 7) is 13.9. The molecular weight excluding hydrogens is 546 g/mol. The number of Topliss-reactive ketones (excluding diaryl/α,β-unsaturated/α-hetero) is 1. The maximum Gasteiger partial charge on any atom is 0.334 e. The van der Waals surface area contributed by atoms with Crippen LogP contribution in [0.5, 0.6) is 11.5 Å². The van der Waals surface area contributed by atoms with Gasteiger partial charge in [0.2, 0.25) is 8.32 Å². The van der Waals surface area contributed by atoms with Gasteiger partial charge in [-0.3, -0.25) is 4.79 Å². The molecular formula is C34H45NO6Si. The van der Waals surface area contributed by atoms with E-state index in [0.29, 0.717) is 30.8 Å². The van der Waals surface area contributed by atoms with E-state index in [0.717, 1.165) is 35.6 Å². The highest BCUT2D eigenvalue weighted by Gasteiger charge is 2.53. The predicted molar refractivity (Wildman–Crippen MR) is 167 cm³/mol. The first kappa shape index (κ1) is 30.4. The summed E-state index contributed by atoms with van der Waals surface area (Å²) in [5.74, 6) is 1.01. The largest absolute Gasteiger partial charge is 0.543 e. The van der Waals surface area contributed by atoms with Gasteiger partial charge in [-0.15, -0.1) is 0 Å². The number of carbonyl (C=O) groups is 2. The van der Waals surface area contributed by atoms with Crippen LogP contribution in [0.4, 0.5) is 5.69 Å². The lowest BCUT2D eigenvalue weighted by Crippen LogP contribution is -2.47. The molecule has 1 heterocycles. The predicted octanol–water partition coefficient (Wildman–Crippen LogP) is 7.03. The fourth-order valence-electron chi connectivity index (χ4n) is 6.48. The lowest BCUT2D eigenvalue weighted by atomic mass is 9.62. The maximum atomic E-state index is 13.5. The Labute approximate surface area is 251 Å². The van der Waals surface area contributed by atoms with E-state index in [1.54, 1.807) is 14.0 Å². The third-order valence-electron chi connectivity index (χ3n) is 9.61. The van der Waals surface area contributed by atoms with Gasteiger partial charge in [0.25, 0.3) is 0 Å². The summed E-state index contributed by atoms with van der Waals surface area (Å²) in [6.07, 6.45) is 2.16. The summed E-state index contributed by atoms with van der Waals surface area (Å²) in [6, 6.07) is 14.0. The van der Waals surface area contributed by atoms with Crippen LogP contribution in [0, 0.1) is 11.8 Å². The van der Waals surface area contributed by atoms with E-state index in [1.165, 1.54) is 5.56 Å². The molecule has 5 rings (SSSR count). The second-order valence-electron chi connectivity index (χ2n) is 13.2. The zero-order valence-corrected chi connectivity index (χ0v) is 27.0. The number of fused-ring (bicyclic) bond motifs is 5. The van der Waals surface area contributed by atoms with Crippen LogP contribution < -0.4 is 14.5 Å². The van der Waals surface area contributed by atoms with Crippen molar-refractivity contribution in [3.63, 3.8) is 0 Å². The van der Waals surface area contributed by atoms with Gasteiger partial charge >= 0.3 is 5.97 Å². The minimum Gasteiger partial charge on any atom is -0.543 e. The zero-order chi connectivity index (χ0) is 30.2. The highest BCUT2D eigenvalue weighted by atomic mass is 28.4. The van der Waals surface area contributed by atoms with Gasteiger partial charge in [0.15, 0.2) is 5.78 Å². The van der Waals surface area contributed by atoms with Crippen LogP contribution >= 0.6 is 0 Å². The van der Waals surface area contributed by atoms with Crippen LogP contribution in [0.1, 0.15) is 64.0 Å². The van der Waals surface area contributed by atoms with E-state index in [1.807, 2.05) is 24.3 Å². The van der Waals surface area contributed by atoms with Gasteiger partial charge in [0.05, 0.1) is 32.5 Å². The molecule has 3 aliphatic rings. The molecule has 2 aromatic carbocycles. The highest BCUT2D eigenvalue weighted by Crippen LogP contribution is 2.55. The standard InChI is InChI=1S/C34H45NO6Si/c1-8-40-33(37)31-26(20-39-19-21-12-14-22(38-5)15-13-21)32-29(25-10-9-11-28(36)30(25)31)24-17-16-23(18-27(24)35-32)41-42(6,7)34(2,3)4/h12-18,25-26,29,32,35H,8-11,19-20H2,1-7H3/t25-,26-,29-,32+/m1/s1. The molecule has 1 aliphatic heterocycles. The third-order valence-corrected chi connectivity index (χ3v) is 14.0. The van der Waals surface area contributed by atoms with Gasteiger partial charge in [0.1, 0.15) is 11.5 Å². The topological polar surface area (TPSA) is 83.1 Å². The van der Waals surface area contributed by atoms with Crippen LogP contribution in [0.15, 0.2) is 53.6 Å². The average Bonchev–Trinajstić information content (AvgIpc) is 3.32. The molecule has 1 fully saturated rings. The minimum absolute atomic E-state index is 0.0330. The number of esters is 1. The number of anilines is 1. The molecule has 7 nitrogen and oxygen atoms in total. The molecule has 0 amide bonds. The molecule has 0 bridgehead atoms. The van der Waals surface area contributed by atoms with Crippen LogP contribution in [-0.2, 0) is 25.7 Å². The number of rotatable bonds is 9. The molecule has 0 spiro atoms. The van der Waals surface area contributed by atoms with Crippen LogP contribution in [0.25, 0.3) is 0 Å². The van der Waals surface area contributed by atoms with Gasteiger partial charge in [-0.25, -0.2) is 4.79 Å². The number of hydrogen-bond acceptors (Lipinski definition) is 7. The van der Waals surface area contributed by atoms with E-state index in [9.17, 15) is 9.59 Å². The molecule has 0 aromatic heterocycles. The van der Waals surface area contributed by atoms with E-state index < -0.39 is 14.3 Å². The highest BCUT2D eigenvalue weighted by molar-refractivity contribution is 6.74. The number of ketones is 1. The minimum atomic E-state index is -2.03. The maximum absolute atomic E-state index is 13.5. The Bertz CT molecular complexity index is 1360. The molecule has 1 N–H and O–H groups in total. The monoisotopic (exact) mass is 591 g/mol. The Morgan fingerprint density at radius 1 is 1.07 bits per heavy atom. The summed E-state index contributed by atoms with van der Waals surface area (Å²) in [4.78, 5) is 27.0. The number of allylic oxidation sites excluding steroid dienone is 1. The van der Waals surface area contributed by atoms with Crippen LogP contribution in [-0.4, -0.2) is 46.4 Å². The number of ether oxygens (including phenoxy) is 3. The van der Waals surface area contributed by atoms with E-state index in [4.69, 9.17) is 18.6 Å². The molecule has 1 saturated carbocycles. The smallest absolute Gasteiger partial charge is 0.334 e. The number of nitrogens with one attached hydrogen (secondary N) is 1. The lowest BCUT2D eigenvalue weighted by molar-refractivity contribution is -0.140. The Balaban J connectivity index is 1.49. The SMILES string of the molecule is CCOC(=O)C1=C2C(=O)CCC[C@@H]2[C@H]2c3ccc(O[Si](C)(C)C(C)(C)C)cc3N[C@H]2[C@@H]1COCc1ccc(OC)cc1. The summed E-state index contributed by atoms with van der Waals surface area (Å²) < 4.78 is 23.8. The fourth-order valence-corrected chi connectivity index (χ4v) is 7.50. The van der Waals surface area contributed by atoms with Gasteiger partial charge in [0, 0.05) is 41.6 Å². The molecule has 8 heteroatoms. The lowest BCUT2D eigenvalue weighted by Gasteiger charge is -2.43. The normalized spacial score (nSPS) is 23.5. The summed E-state index contributed by atoms with van der Waals surface area (Å²) in [5, 5.41) is 3.85. The van der Waals surface area contributed by atoms with Crippen LogP contribution in [0.3, 0.4) is 0 Å². The molecule has 226 valence electrons. The Morgan fingerprint density at radius 3 is 2.45 bits per heavy atom. The van der Waals surface area contributed by atoms with Crippen molar-refractivity contribution in [1.82, 2.24) is 0 Å². The fraction of sp³-hybridized carbons (Fsp3) is 0.529. The van der Waals surface area contributed by atoms with E-state index in [-0.39, 0.29) is 41.2 Å². The van der Waals surface area contributed by atoms with Gasteiger partial charge < -0.3 is 24.0 Å². The number of carbonyl (C=O) groups excluding carboxylic acids is 2.